The van der Waals surface area contributed by atoms with Crippen molar-refractivity contribution in [1.29, 1.82) is 0 Å². The average Bonchev–Trinajstić information content (AvgIpc) is 2.81. The molecule has 1 aromatic rings. The van der Waals surface area contributed by atoms with E-state index in [1.807, 2.05) is 6.92 Å². The second-order valence-electron chi connectivity index (χ2n) is 7.91. The van der Waals surface area contributed by atoms with Gasteiger partial charge in [0.05, 0.1) is 6.04 Å². The van der Waals surface area contributed by atoms with Crippen molar-refractivity contribution in [3.63, 3.8) is 0 Å². The summed E-state index contributed by atoms with van der Waals surface area (Å²) in [6, 6.07) is 4.66. The van der Waals surface area contributed by atoms with Crippen LogP contribution in [-0.2, 0) is 0 Å². The van der Waals surface area contributed by atoms with Gasteiger partial charge in [0.25, 0.3) is 0 Å². The van der Waals surface area contributed by atoms with Gasteiger partial charge in [-0.1, -0.05) is 0 Å². The molecule has 4 aliphatic rings. The molecule has 1 aromatic heterocycles. The Balaban J connectivity index is 1.55. The molecule has 5 rings (SSSR count). The Morgan fingerprint density at radius 2 is 1.75 bits per heavy atom. The van der Waals surface area contributed by atoms with E-state index in [2.05, 4.69) is 24.5 Å². The third-order valence-electron chi connectivity index (χ3n) is 6.26. The number of rotatable bonds is 4. The molecule has 1 atom stereocenters. The summed E-state index contributed by atoms with van der Waals surface area (Å²) in [7, 11) is 2.09. The third kappa shape index (κ3) is 2.13. The summed E-state index contributed by atoms with van der Waals surface area (Å²) in [5, 5.41) is 3.51. The molecule has 110 valence electrons. The predicted octanol–water partition coefficient (Wildman–Crippen LogP) is 4.46. The summed E-state index contributed by atoms with van der Waals surface area (Å²) in [5.74, 6) is 5.29. The van der Waals surface area contributed by atoms with Crippen molar-refractivity contribution >= 4 is 0 Å². The Bertz CT molecular complexity index is 454. The van der Waals surface area contributed by atoms with E-state index in [0.29, 0.717) is 11.5 Å². The normalized spacial score (nSPS) is 40.2. The second-order valence-corrected chi connectivity index (χ2v) is 7.91. The van der Waals surface area contributed by atoms with Crippen LogP contribution in [0.25, 0.3) is 0 Å². The lowest BCUT2D eigenvalue weighted by Crippen LogP contribution is -2.47. The molecule has 0 aromatic carbocycles. The number of hydrogen-bond acceptors (Lipinski definition) is 2. The molecule has 4 bridgehead atoms. The summed E-state index contributed by atoms with van der Waals surface area (Å²) in [4.78, 5) is 0. The Hall–Kier alpha value is -0.760. The molecule has 1 unspecified atom stereocenters. The lowest BCUT2D eigenvalue weighted by atomic mass is 9.48. The highest BCUT2D eigenvalue weighted by Gasteiger charge is 2.51. The zero-order chi connectivity index (χ0) is 13.7. The summed E-state index contributed by atoms with van der Waals surface area (Å²) < 4.78 is 5.89. The monoisotopic (exact) mass is 273 g/mol. The molecular formula is C18H27NO. The lowest BCUT2D eigenvalue weighted by molar-refractivity contribution is -0.0628. The summed E-state index contributed by atoms with van der Waals surface area (Å²) >= 11 is 0. The molecular weight excluding hydrogens is 246 g/mol. The van der Waals surface area contributed by atoms with Gasteiger partial charge in [-0.2, -0.15) is 0 Å². The van der Waals surface area contributed by atoms with Crippen LogP contribution < -0.4 is 5.32 Å². The number of nitrogens with one attached hydrogen (secondary N) is 1. The van der Waals surface area contributed by atoms with E-state index in [4.69, 9.17) is 4.42 Å². The first kappa shape index (κ1) is 12.9. The van der Waals surface area contributed by atoms with E-state index in [-0.39, 0.29) is 0 Å². The molecule has 0 aliphatic heterocycles. The fourth-order valence-electron chi connectivity index (χ4n) is 5.96. The van der Waals surface area contributed by atoms with E-state index < -0.39 is 0 Å². The third-order valence-corrected chi connectivity index (χ3v) is 6.26. The van der Waals surface area contributed by atoms with Crippen LogP contribution in [0.5, 0.6) is 0 Å². The minimum Gasteiger partial charge on any atom is -0.465 e. The molecule has 4 fully saturated rings. The topological polar surface area (TPSA) is 25.2 Å². The molecule has 0 radical (unpaired) electrons. The Kier molecular flexibility index (Phi) is 2.99. The summed E-state index contributed by atoms with van der Waals surface area (Å²) in [5.41, 5.74) is 0.614. The van der Waals surface area contributed by atoms with Crippen LogP contribution in [0.2, 0.25) is 0 Å². The van der Waals surface area contributed by atoms with Crippen LogP contribution in [0.4, 0.5) is 0 Å². The van der Waals surface area contributed by atoms with Crippen molar-refractivity contribution in [3.05, 3.63) is 23.7 Å². The van der Waals surface area contributed by atoms with Gasteiger partial charge in [0, 0.05) is 0 Å². The van der Waals surface area contributed by atoms with Crippen LogP contribution in [0.3, 0.4) is 0 Å². The largest absolute Gasteiger partial charge is 0.465 e. The Morgan fingerprint density at radius 1 is 1.15 bits per heavy atom. The smallest absolute Gasteiger partial charge is 0.121 e. The molecule has 1 N–H and O–H groups in total. The van der Waals surface area contributed by atoms with Gasteiger partial charge in [-0.25, -0.2) is 0 Å². The minimum absolute atomic E-state index is 0.403. The van der Waals surface area contributed by atoms with Crippen molar-refractivity contribution in [2.45, 2.75) is 57.9 Å². The maximum atomic E-state index is 5.89. The SMILES string of the molecule is CNC(CC12CC3CC(CC(C3)C1)C2)c1ccc(C)o1. The molecule has 20 heavy (non-hydrogen) atoms. The first-order valence-electron chi connectivity index (χ1n) is 8.39. The maximum Gasteiger partial charge on any atom is 0.121 e. The molecule has 0 saturated heterocycles. The molecule has 2 nitrogen and oxygen atoms in total. The zero-order valence-corrected chi connectivity index (χ0v) is 12.8. The molecule has 0 amide bonds. The number of hydrogen-bond donors (Lipinski definition) is 1. The van der Waals surface area contributed by atoms with Crippen LogP contribution >= 0.6 is 0 Å². The quantitative estimate of drug-likeness (QED) is 0.876. The number of furan rings is 1. The number of aryl methyl sites for hydroxylation is 1. The fraction of sp³-hybridized carbons (Fsp3) is 0.778. The standard InChI is InChI=1S/C18H27NO/c1-12-3-4-17(20-12)16(19-2)11-18-8-13-5-14(9-18)7-15(6-13)10-18/h3-4,13-16,19H,5-11H2,1-2H3. The van der Waals surface area contributed by atoms with Gasteiger partial charge in [-0.05, 0) is 94.2 Å². The van der Waals surface area contributed by atoms with Gasteiger partial charge in [0.1, 0.15) is 11.5 Å². The van der Waals surface area contributed by atoms with Crippen LogP contribution in [0, 0.1) is 30.1 Å². The highest BCUT2D eigenvalue weighted by Crippen LogP contribution is 2.62. The van der Waals surface area contributed by atoms with Gasteiger partial charge in [-0.3, -0.25) is 0 Å². The van der Waals surface area contributed by atoms with Gasteiger partial charge in [-0.15, -0.1) is 0 Å². The van der Waals surface area contributed by atoms with E-state index in [9.17, 15) is 0 Å². The minimum atomic E-state index is 0.403. The highest BCUT2D eigenvalue weighted by atomic mass is 16.3. The molecule has 1 heterocycles. The van der Waals surface area contributed by atoms with Crippen molar-refractivity contribution in [1.82, 2.24) is 5.32 Å². The first-order valence-corrected chi connectivity index (χ1v) is 8.39. The van der Waals surface area contributed by atoms with Gasteiger partial charge >= 0.3 is 0 Å². The molecule has 0 spiro atoms. The fourth-order valence-corrected chi connectivity index (χ4v) is 5.96. The van der Waals surface area contributed by atoms with Crippen molar-refractivity contribution < 1.29 is 4.42 Å². The van der Waals surface area contributed by atoms with E-state index in [1.165, 1.54) is 44.9 Å². The lowest BCUT2D eigenvalue weighted by Gasteiger charge is -2.57. The zero-order valence-electron chi connectivity index (χ0n) is 12.8. The van der Waals surface area contributed by atoms with Gasteiger partial charge in [0.2, 0.25) is 0 Å². The van der Waals surface area contributed by atoms with Crippen LogP contribution in [0.15, 0.2) is 16.5 Å². The van der Waals surface area contributed by atoms with Gasteiger partial charge in [0.15, 0.2) is 0 Å². The Morgan fingerprint density at radius 3 is 2.20 bits per heavy atom. The van der Waals surface area contributed by atoms with E-state index >= 15 is 0 Å². The van der Waals surface area contributed by atoms with Crippen LogP contribution in [0.1, 0.15) is 62.5 Å². The average molecular weight is 273 g/mol. The maximum absolute atomic E-state index is 5.89. The summed E-state index contributed by atoms with van der Waals surface area (Å²) in [6.07, 6.45) is 10.3. The Labute approximate surface area is 122 Å². The molecule has 4 aliphatic carbocycles. The van der Waals surface area contributed by atoms with Gasteiger partial charge < -0.3 is 9.73 Å². The predicted molar refractivity (Wildman–Crippen MR) is 80.5 cm³/mol. The van der Waals surface area contributed by atoms with E-state index in [0.717, 1.165) is 29.3 Å². The van der Waals surface area contributed by atoms with Crippen molar-refractivity contribution in [2.24, 2.45) is 23.2 Å². The second kappa shape index (κ2) is 4.62. The van der Waals surface area contributed by atoms with Crippen molar-refractivity contribution in [3.8, 4) is 0 Å². The molecule has 4 saturated carbocycles. The molecule has 2 heteroatoms. The summed E-state index contributed by atoms with van der Waals surface area (Å²) in [6.45, 7) is 2.04. The highest BCUT2D eigenvalue weighted by molar-refractivity contribution is 5.12. The van der Waals surface area contributed by atoms with E-state index in [1.54, 1.807) is 0 Å². The van der Waals surface area contributed by atoms with Crippen LogP contribution in [-0.4, -0.2) is 7.05 Å². The van der Waals surface area contributed by atoms with Crippen molar-refractivity contribution in [2.75, 3.05) is 7.05 Å². The first-order chi connectivity index (χ1) is 9.66.